The standard InChI is InChI=1S/C26H26F2N4O5/c1-14-3-8-21(16-4-7-19(27)20(28)12-16)32(14)22(33)13-31-23(34)26(37-25(31)36)10-9-15-11-17(5-6-18(15)26)30-24(35)29-2/h4-7,11-12,14,21H,3,8-10,13H2,1-2H3,(H2,29,30,35)/t14-,21?,26+/m0/s1. The monoisotopic (exact) mass is 512 g/mol. The number of amides is 5. The Morgan fingerprint density at radius 2 is 1.89 bits per heavy atom. The van der Waals surface area contributed by atoms with E-state index >= 15 is 0 Å². The van der Waals surface area contributed by atoms with E-state index in [1.807, 2.05) is 6.92 Å². The highest BCUT2D eigenvalue weighted by atomic mass is 19.2. The SMILES string of the molecule is CNC(=O)Nc1ccc2c(c1)CC[C@@]21OC(=O)N(CC(=O)N2C(c3ccc(F)c(F)c3)CC[C@@H]2C)C1=O. The summed E-state index contributed by atoms with van der Waals surface area (Å²) < 4.78 is 32.9. The highest BCUT2D eigenvalue weighted by Gasteiger charge is 2.58. The van der Waals surface area contributed by atoms with Gasteiger partial charge >= 0.3 is 12.1 Å². The summed E-state index contributed by atoms with van der Waals surface area (Å²) in [6, 6.07) is 7.42. The van der Waals surface area contributed by atoms with Gasteiger partial charge in [-0.15, -0.1) is 0 Å². The van der Waals surface area contributed by atoms with Gasteiger partial charge in [0.1, 0.15) is 6.54 Å². The Labute approximate surface area is 211 Å². The molecule has 2 heterocycles. The number of likely N-dealkylation sites (tertiary alicyclic amines) is 1. The molecule has 2 fully saturated rings. The van der Waals surface area contributed by atoms with Crippen molar-refractivity contribution in [2.45, 2.75) is 50.3 Å². The van der Waals surface area contributed by atoms with Crippen LogP contribution in [0.4, 0.5) is 24.1 Å². The van der Waals surface area contributed by atoms with E-state index in [4.69, 9.17) is 4.74 Å². The fourth-order valence-corrected chi connectivity index (χ4v) is 5.59. The molecule has 2 aliphatic heterocycles. The van der Waals surface area contributed by atoms with Crippen LogP contribution in [0, 0.1) is 11.6 Å². The van der Waals surface area contributed by atoms with Crippen molar-refractivity contribution in [3.63, 3.8) is 0 Å². The maximum Gasteiger partial charge on any atom is 0.418 e. The number of hydrogen-bond acceptors (Lipinski definition) is 5. The average molecular weight is 513 g/mol. The van der Waals surface area contributed by atoms with Gasteiger partial charge in [-0.1, -0.05) is 12.1 Å². The molecule has 2 aromatic rings. The fraction of sp³-hybridized carbons (Fsp3) is 0.385. The highest BCUT2D eigenvalue weighted by Crippen LogP contribution is 2.46. The number of carbonyl (C=O) groups is 4. The minimum atomic E-state index is -1.52. The smallest absolute Gasteiger partial charge is 0.418 e. The highest BCUT2D eigenvalue weighted by molar-refractivity contribution is 6.06. The molecule has 9 nitrogen and oxygen atoms in total. The van der Waals surface area contributed by atoms with Crippen LogP contribution in [0.3, 0.4) is 0 Å². The molecule has 5 amide bonds. The van der Waals surface area contributed by atoms with Gasteiger partial charge in [-0.2, -0.15) is 0 Å². The van der Waals surface area contributed by atoms with Gasteiger partial charge in [0, 0.05) is 30.8 Å². The lowest BCUT2D eigenvalue weighted by Crippen LogP contribution is -2.46. The first-order valence-electron chi connectivity index (χ1n) is 12.1. The van der Waals surface area contributed by atoms with Gasteiger partial charge in [-0.25, -0.2) is 23.3 Å². The Morgan fingerprint density at radius 3 is 2.62 bits per heavy atom. The van der Waals surface area contributed by atoms with Gasteiger partial charge in [-0.05, 0) is 61.6 Å². The molecule has 194 valence electrons. The molecule has 2 aromatic carbocycles. The lowest BCUT2D eigenvalue weighted by Gasteiger charge is -2.30. The molecule has 1 spiro atoms. The maximum atomic E-state index is 13.9. The van der Waals surface area contributed by atoms with Crippen molar-refractivity contribution < 1.29 is 32.7 Å². The fourth-order valence-electron chi connectivity index (χ4n) is 5.59. The molecule has 37 heavy (non-hydrogen) atoms. The van der Waals surface area contributed by atoms with E-state index in [9.17, 15) is 28.0 Å². The Morgan fingerprint density at radius 1 is 1.11 bits per heavy atom. The zero-order valence-electron chi connectivity index (χ0n) is 20.3. The molecule has 2 saturated heterocycles. The van der Waals surface area contributed by atoms with Gasteiger partial charge < -0.3 is 20.3 Å². The van der Waals surface area contributed by atoms with Crippen LogP contribution in [-0.2, 0) is 26.3 Å². The molecular formula is C26H26F2N4O5. The second-order valence-electron chi connectivity index (χ2n) is 9.58. The summed E-state index contributed by atoms with van der Waals surface area (Å²) in [5, 5.41) is 5.13. The number of aryl methyl sites for hydroxylation is 1. The third-order valence-electron chi connectivity index (χ3n) is 7.42. The number of anilines is 1. The number of hydrogen-bond donors (Lipinski definition) is 2. The van der Waals surface area contributed by atoms with Gasteiger partial charge in [0.25, 0.3) is 5.91 Å². The van der Waals surface area contributed by atoms with Crippen LogP contribution in [0.1, 0.15) is 48.9 Å². The lowest BCUT2D eigenvalue weighted by atomic mass is 9.94. The minimum Gasteiger partial charge on any atom is -0.427 e. The van der Waals surface area contributed by atoms with Crippen molar-refractivity contribution in [2.75, 3.05) is 18.9 Å². The van der Waals surface area contributed by atoms with E-state index in [1.54, 1.807) is 18.2 Å². The van der Waals surface area contributed by atoms with Crippen LogP contribution in [0.15, 0.2) is 36.4 Å². The third-order valence-corrected chi connectivity index (χ3v) is 7.42. The van der Waals surface area contributed by atoms with E-state index in [1.165, 1.54) is 18.0 Å². The van der Waals surface area contributed by atoms with Crippen LogP contribution < -0.4 is 10.6 Å². The number of halogens is 2. The zero-order chi connectivity index (χ0) is 26.5. The number of nitrogens with zero attached hydrogens (tertiary/aromatic N) is 2. The molecule has 1 aliphatic carbocycles. The number of carbonyl (C=O) groups excluding carboxylic acids is 4. The first kappa shape index (κ1) is 24.7. The molecule has 0 radical (unpaired) electrons. The summed E-state index contributed by atoms with van der Waals surface area (Å²) in [5.41, 5.74) is 0.751. The predicted molar refractivity (Wildman–Crippen MR) is 127 cm³/mol. The Hall–Kier alpha value is -4.02. The van der Waals surface area contributed by atoms with Crippen molar-refractivity contribution in [3.05, 3.63) is 64.7 Å². The van der Waals surface area contributed by atoms with Crippen molar-refractivity contribution in [1.82, 2.24) is 15.1 Å². The first-order chi connectivity index (χ1) is 17.6. The molecule has 3 atom stereocenters. The number of imide groups is 1. The van der Waals surface area contributed by atoms with Crippen LogP contribution in [0.25, 0.3) is 0 Å². The predicted octanol–water partition coefficient (Wildman–Crippen LogP) is 3.59. The second-order valence-corrected chi connectivity index (χ2v) is 9.58. The summed E-state index contributed by atoms with van der Waals surface area (Å²) in [4.78, 5) is 53.7. The summed E-state index contributed by atoms with van der Waals surface area (Å²) in [5.74, 6) is -3.08. The number of ether oxygens (including phenoxy) is 1. The van der Waals surface area contributed by atoms with Crippen LogP contribution >= 0.6 is 0 Å². The number of rotatable bonds is 4. The quantitative estimate of drug-likeness (QED) is 0.651. The summed E-state index contributed by atoms with van der Waals surface area (Å²) in [7, 11) is 1.49. The molecule has 0 saturated carbocycles. The van der Waals surface area contributed by atoms with E-state index in [2.05, 4.69) is 10.6 Å². The molecule has 0 bridgehead atoms. The summed E-state index contributed by atoms with van der Waals surface area (Å²) in [6.45, 7) is 1.32. The normalized spacial score (nSPS) is 24.4. The molecule has 0 aromatic heterocycles. The van der Waals surface area contributed by atoms with Crippen LogP contribution in [0.5, 0.6) is 0 Å². The van der Waals surface area contributed by atoms with Crippen molar-refractivity contribution in [2.24, 2.45) is 0 Å². The Kier molecular flexibility index (Phi) is 6.09. The van der Waals surface area contributed by atoms with Gasteiger partial charge in [0.15, 0.2) is 11.6 Å². The minimum absolute atomic E-state index is 0.216. The van der Waals surface area contributed by atoms with Gasteiger partial charge in [0.05, 0.1) is 6.04 Å². The number of fused-ring (bicyclic) bond motifs is 2. The first-order valence-corrected chi connectivity index (χ1v) is 12.1. The van der Waals surface area contributed by atoms with E-state index in [-0.39, 0.29) is 12.5 Å². The third kappa shape index (κ3) is 4.08. The second kappa shape index (κ2) is 9.13. The topological polar surface area (TPSA) is 108 Å². The average Bonchev–Trinajstić information content (AvgIpc) is 3.51. The molecule has 11 heteroatoms. The molecule has 2 N–H and O–H groups in total. The van der Waals surface area contributed by atoms with E-state index in [0.717, 1.165) is 22.6 Å². The molecular weight excluding hydrogens is 486 g/mol. The van der Waals surface area contributed by atoms with E-state index < -0.39 is 53.8 Å². The summed E-state index contributed by atoms with van der Waals surface area (Å²) >= 11 is 0. The Balaban J connectivity index is 1.36. The van der Waals surface area contributed by atoms with E-state index in [0.29, 0.717) is 36.1 Å². The van der Waals surface area contributed by atoms with Crippen LogP contribution in [-0.4, -0.2) is 53.4 Å². The van der Waals surface area contributed by atoms with Crippen molar-refractivity contribution in [3.8, 4) is 0 Å². The number of nitrogens with one attached hydrogen (secondary N) is 2. The van der Waals surface area contributed by atoms with Crippen molar-refractivity contribution in [1.29, 1.82) is 0 Å². The van der Waals surface area contributed by atoms with Crippen molar-refractivity contribution >= 4 is 29.6 Å². The largest absolute Gasteiger partial charge is 0.427 e. The summed E-state index contributed by atoms with van der Waals surface area (Å²) in [6.07, 6.45) is 0.937. The molecule has 5 rings (SSSR count). The van der Waals surface area contributed by atoms with Crippen LogP contribution in [0.2, 0.25) is 0 Å². The Bertz CT molecular complexity index is 1320. The molecule has 3 aliphatic rings. The maximum absolute atomic E-state index is 13.9. The number of benzene rings is 2. The lowest BCUT2D eigenvalue weighted by molar-refractivity contribution is -0.143. The van der Waals surface area contributed by atoms with Gasteiger partial charge in [0.2, 0.25) is 11.5 Å². The number of urea groups is 1. The molecule has 1 unspecified atom stereocenters. The zero-order valence-corrected chi connectivity index (χ0v) is 20.3. The van der Waals surface area contributed by atoms with Gasteiger partial charge in [-0.3, -0.25) is 9.59 Å².